The van der Waals surface area contributed by atoms with Gasteiger partial charge in [0.05, 0.1) is 0 Å². The summed E-state index contributed by atoms with van der Waals surface area (Å²) in [6.07, 6.45) is 0. The Kier molecular flexibility index (Phi) is 2.97. The Bertz CT molecular complexity index is 69.5. The van der Waals surface area contributed by atoms with Gasteiger partial charge in [0.1, 0.15) is 0 Å². The lowest BCUT2D eigenvalue weighted by Crippen LogP contribution is -2.25. The van der Waals surface area contributed by atoms with E-state index >= 15 is 0 Å². The van der Waals surface area contributed by atoms with Crippen LogP contribution < -0.4 is 10.6 Å². The largest absolute Gasteiger partial charge is 0.396 e. The third-order valence-corrected chi connectivity index (χ3v) is 1.53. The van der Waals surface area contributed by atoms with E-state index < -0.39 is 0 Å². The molecule has 1 fully saturated rings. The van der Waals surface area contributed by atoms with Crippen LogP contribution in [0.1, 0.15) is 0 Å². The van der Waals surface area contributed by atoms with Crippen molar-refractivity contribution >= 4 is 0 Å². The van der Waals surface area contributed by atoms with Crippen LogP contribution in [0, 0.1) is 5.92 Å². The van der Waals surface area contributed by atoms with E-state index in [1.165, 1.54) is 0 Å². The number of nitrogens with zero attached hydrogens (tertiary/aromatic N) is 1. The van der Waals surface area contributed by atoms with Crippen molar-refractivity contribution in [1.82, 2.24) is 10.6 Å². The molecule has 1 unspecified atom stereocenters. The number of nitrogens with one attached hydrogen (secondary N) is 1. The monoisotopic (exact) mass is 129 g/mol. The molecule has 1 radical (unpaired) electrons. The quantitative estimate of drug-likeness (QED) is 0.467. The molecule has 0 spiro atoms. The minimum atomic E-state index is 0.260. The number of hydrogen-bond donors (Lipinski definition) is 2. The number of aliphatic hydroxyl groups is 1. The molecule has 53 valence electrons. The van der Waals surface area contributed by atoms with Crippen LogP contribution >= 0.6 is 0 Å². The smallest absolute Gasteiger partial charge is 0.0484 e. The lowest BCUT2D eigenvalue weighted by Gasteiger charge is -2.07. The molecule has 0 amide bonds. The minimum Gasteiger partial charge on any atom is -0.396 e. The average Bonchev–Trinajstić information content (AvgIpc) is 2.13. The van der Waals surface area contributed by atoms with Crippen LogP contribution in [0.4, 0.5) is 0 Å². The van der Waals surface area contributed by atoms with E-state index in [-0.39, 0.29) is 6.61 Å². The zero-order valence-corrected chi connectivity index (χ0v) is 5.51. The third-order valence-electron chi connectivity index (χ3n) is 1.53. The van der Waals surface area contributed by atoms with Gasteiger partial charge in [0.25, 0.3) is 0 Å². The molecular weight excluding hydrogens is 116 g/mol. The molecule has 1 atom stereocenters. The molecule has 1 aliphatic heterocycles. The first-order chi connectivity index (χ1) is 4.43. The van der Waals surface area contributed by atoms with Gasteiger partial charge >= 0.3 is 0 Å². The van der Waals surface area contributed by atoms with Crippen molar-refractivity contribution in [1.29, 1.82) is 0 Å². The lowest BCUT2D eigenvalue weighted by molar-refractivity contribution is 0.226. The Morgan fingerprint density at radius 2 is 2.56 bits per heavy atom. The van der Waals surface area contributed by atoms with Gasteiger partial charge in [-0.25, -0.2) is 5.32 Å². The Morgan fingerprint density at radius 3 is 3.33 bits per heavy atom. The summed E-state index contributed by atoms with van der Waals surface area (Å²) in [7, 11) is 0. The van der Waals surface area contributed by atoms with Crippen molar-refractivity contribution in [3.8, 4) is 0 Å². The van der Waals surface area contributed by atoms with Gasteiger partial charge in [0.15, 0.2) is 0 Å². The summed E-state index contributed by atoms with van der Waals surface area (Å²) in [6.45, 7) is 3.87. The zero-order chi connectivity index (χ0) is 6.53. The average molecular weight is 129 g/mol. The molecule has 2 N–H and O–H groups in total. The van der Waals surface area contributed by atoms with Gasteiger partial charge < -0.3 is 10.4 Å². The summed E-state index contributed by atoms with van der Waals surface area (Å²) in [6, 6.07) is 0. The molecule has 0 aromatic carbocycles. The highest BCUT2D eigenvalue weighted by Crippen LogP contribution is 1.93. The van der Waals surface area contributed by atoms with Crippen molar-refractivity contribution in [2.75, 3.05) is 32.8 Å². The van der Waals surface area contributed by atoms with E-state index in [1.807, 2.05) is 0 Å². The normalized spacial score (nSPS) is 23.7. The molecule has 1 aliphatic rings. The standard InChI is InChI=1S/C6H13N2O/c9-5-6-3-7-1-2-8-4-6/h6-7,9H,1-5H2. The predicted octanol–water partition coefficient (Wildman–Crippen LogP) is -1.20. The van der Waals surface area contributed by atoms with Gasteiger partial charge in [-0.3, -0.25) is 0 Å². The van der Waals surface area contributed by atoms with Crippen LogP contribution in [-0.4, -0.2) is 37.9 Å². The van der Waals surface area contributed by atoms with Crippen LogP contribution in [0.25, 0.3) is 0 Å². The van der Waals surface area contributed by atoms with Crippen molar-refractivity contribution in [3.05, 3.63) is 0 Å². The van der Waals surface area contributed by atoms with Gasteiger partial charge in [-0.2, -0.15) is 0 Å². The molecule has 9 heavy (non-hydrogen) atoms. The minimum absolute atomic E-state index is 0.260. The van der Waals surface area contributed by atoms with Crippen LogP contribution in [0.2, 0.25) is 0 Å². The van der Waals surface area contributed by atoms with Crippen LogP contribution in [0.5, 0.6) is 0 Å². The summed E-state index contributed by atoms with van der Waals surface area (Å²) in [4.78, 5) is 0. The van der Waals surface area contributed by atoms with Crippen molar-refractivity contribution < 1.29 is 5.11 Å². The van der Waals surface area contributed by atoms with Crippen molar-refractivity contribution in [2.24, 2.45) is 5.92 Å². The zero-order valence-electron chi connectivity index (χ0n) is 5.51. The van der Waals surface area contributed by atoms with Crippen molar-refractivity contribution in [3.63, 3.8) is 0 Å². The van der Waals surface area contributed by atoms with Crippen molar-refractivity contribution in [2.45, 2.75) is 0 Å². The maximum Gasteiger partial charge on any atom is 0.0484 e. The second-order valence-electron chi connectivity index (χ2n) is 2.38. The van der Waals surface area contributed by atoms with Crippen LogP contribution in [0.3, 0.4) is 0 Å². The molecule has 1 saturated heterocycles. The molecule has 3 nitrogen and oxygen atoms in total. The van der Waals surface area contributed by atoms with E-state index in [4.69, 9.17) is 5.11 Å². The van der Waals surface area contributed by atoms with E-state index in [0.717, 1.165) is 26.2 Å². The molecule has 1 rings (SSSR count). The fraction of sp³-hybridized carbons (Fsp3) is 1.00. The molecule has 0 aromatic rings. The molecule has 0 aliphatic carbocycles. The highest BCUT2D eigenvalue weighted by Gasteiger charge is 2.09. The molecular formula is C6H13N2O. The topological polar surface area (TPSA) is 46.4 Å². The molecule has 1 heterocycles. The van der Waals surface area contributed by atoms with Gasteiger partial charge in [-0.1, -0.05) is 0 Å². The van der Waals surface area contributed by atoms with Gasteiger partial charge in [-0.15, -0.1) is 0 Å². The summed E-state index contributed by atoms with van der Waals surface area (Å²) >= 11 is 0. The van der Waals surface area contributed by atoms with E-state index in [9.17, 15) is 0 Å². The summed E-state index contributed by atoms with van der Waals surface area (Å²) < 4.78 is 0. The Morgan fingerprint density at radius 1 is 1.67 bits per heavy atom. The summed E-state index contributed by atoms with van der Waals surface area (Å²) in [5.41, 5.74) is 0. The second kappa shape index (κ2) is 3.82. The van der Waals surface area contributed by atoms with Gasteiger partial charge in [0.2, 0.25) is 0 Å². The molecule has 0 saturated carbocycles. The first kappa shape index (κ1) is 6.99. The second-order valence-corrected chi connectivity index (χ2v) is 2.38. The Labute approximate surface area is 55.5 Å². The SMILES string of the molecule is OCC1C[N]CCNC1. The predicted molar refractivity (Wildman–Crippen MR) is 35.3 cm³/mol. The van der Waals surface area contributed by atoms with Crippen LogP contribution in [-0.2, 0) is 0 Å². The molecule has 0 aromatic heterocycles. The fourth-order valence-corrected chi connectivity index (χ4v) is 0.925. The lowest BCUT2D eigenvalue weighted by atomic mass is 10.2. The van der Waals surface area contributed by atoms with Crippen LogP contribution in [0.15, 0.2) is 0 Å². The number of hydrogen-bond acceptors (Lipinski definition) is 2. The first-order valence-electron chi connectivity index (χ1n) is 3.38. The summed E-state index contributed by atoms with van der Waals surface area (Å²) in [5.74, 6) is 0.354. The Hall–Kier alpha value is -0.120. The number of aliphatic hydroxyl groups excluding tert-OH is 1. The highest BCUT2D eigenvalue weighted by atomic mass is 16.3. The first-order valence-corrected chi connectivity index (χ1v) is 3.38. The fourth-order valence-electron chi connectivity index (χ4n) is 0.925. The van der Waals surface area contributed by atoms with E-state index in [0.29, 0.717) is 5.92 Å². The highest BCUT2D eigenvalue weighted by molar-refractivity contribution is 4.68. The maximum atomic E-state index is 8.72. The Balaban J connectivity index is 2.18. The van der Waals surface area contributed by atoms with Gasteiger partial charge in [0, 0.05) is 38.7 Å². The summed E-state index contributed by atoms with van der Waals surface area (Å²) in [5, 5.41) is 16.1. The third kappa shape index (κ3) is 2.30. The van der Waals surface area contributed by atoms with E-state index in [2.05, 4.69) is 10.6 Å². The number of rotatable bonds is 1. The van der Waals surface area contributed by atoms with E-state index in [1.54, 1.807) is 0 Å². The maximum absolute atomic E-state index is 8.72. The van der Waals surface area contributed by atoms with Gasteiger partial charge in [-0.05, 0) is 0 Å². The molecule has 0 bridgehead atoms. The molecule has 3 heteroatoms.